The van der Waals surface area contributed by atoms with Gasteiger partial charge in [0.05, 0.1) is 10.9 Å². The van der Waals surface area contributed by atoms with E-state index in [0.29, 0.717) is 22.7 Å². The number of amides is 1. The molecule has 2 aromatic heterocycles. The van der Waals surface area contributed by atoms with Gasteiger partial charge < -0.3 is 8.94 Å². The van der Waals surface area contributed by atoms with Gasteiger partial charge in [-0.3, -0.25) is 10.1 Å². The Morgan fingerprint density at radius 1 is 1.25 bits per heavy atom. The molecule has 0 bridgehead atoms. The summed E-state index contributed by atoms with van der Waals surface area (Å²) in [5, 5.41) is 14.3. The minimum Gasteiger partial charge on any atom is -0.411 e. The number of benzene rings is 1. The van der Waals surface area contributed by atoms with Crippen LogP contribution in [0.25, 0.3) is 11.5 Å². The van der Waals surface area contributed by atoms with Crippen LogP contribution in [0.15, 0.2) is 44.5 Å². The predicted molar refractivity (Wildman–Crippen MR) is 89.7 cm³/mol. The first-order valence-corrected chi connectivity index (χ1v) is 8.21. The molecule has 0 aliphatic heterocycles. The summed E-state index contributed by atoms with van der Waals surface area (Å²) in [5.41, 5.74) is 2.63. The highest BCUT2D eigenvalue weighted by atomic mass is 32.2. The zero-order valence-corrected chi connectivity index (χ0v) is 14.3. The first-order valence-electron chi connectivity index (χ1n) is 7.33. The molecule has 0 aliphatic carbocycles. The third-order valence-electron chi connectivity index (χ3n) is 3.30. The molecule has 0 radical (unpaired) electrons. The fraction of sp³-hybridized carbons (Fsp3) is 0.250. The number of carbonyl (C=O) groups excluding carboxylic acids is 1. The van der Waals surface area contributed by atoms with Gasteiger partial charge in [0.2, 0.25) is 17.7 Å². The quantitative estimate of drug-likeness (QED) is 0.708. The van der Waals surface area contributed by atoms with Crippen LogP contribution >= 0.6 is 11.8 Å². The van der Waals surface area contributed by atoms with Crippen LogP contribution in [0.4, 0.5) is 5.88 Å². The van der Waals surface area contributed by atoms with Crippen molar-refractivity contribution in [3.8, 4) is 11.5 Å². The van der Waals surface area contributed by atoms with E-state index in [2.05, 4.69) is 20.7 Å². The number of aryl methyl sites for hydroxylation is 2. The van der Waals surface area contributed by atoms with Gasteiger partial charge in [0.15, 0.2) is 0 Å². The lowest BCUT2D eigenvalue weighted by Gasteiger charge is -2.06. The van der Waals surface area contributed by atoms with Crippen LogP contribution in [0, 0.1) is 13.8 Å². The molecule has 0 saturated carbocycles. The molecule has 0 saturated heterocycles. The van der Waals surface area contributed by atoms with E-state index in [-0.39, 0.29) is 5.91 Å². The second-order valence-corrected chi connectivity index (χ2v) is 6.56. The second kappa shape index (κ2) is 6.88. The van der Waals surface area contributed by atoms with Gasteiger partial charge in [-0.1, -0.05) is 35.1 Å². The monoisotopic (exact) mass is 344 g/mol. The summed E-state index contributed by atoms with van der Waals surface area (Å²) in [5.74, 6) is 0.525. The van der Waals surface area contributed by atoms with Crippen molar-refractivity contribution in [3.05, 3.63) is 41.6 Å². The van der Waals surface area contributed by atoms with E-state index < -0.39 is 5.25 Å². The minimum absolute atomic E-state index is 0.230. The average Bonchev–Trinajstić information content (AvgIpc) is 3.17. The molecule has 8 heteroatoms. The molecule has 7 nitrogen and oxygen atoms in total. The number of carbonyl (C=O) groups is 1. The van der Waals surface area contributed by atoms with Gasteiger partial charge in [-0.2, -0.15) is 0 Å². The van der Waals surface area contributed by atoms with Crippen LogP contribution in [0.3, 0.4) is 0 Å². The SMILES string of the molecule is Cc1cc(NC(=O)C(C)Sc2nnc(-c3ccccc3C)o2)on1. The molecule has 24 heavy (non-hydrogen) atoms. The molecule has 1 amide bonds. The molecule has 0 aliphatic rings. The maximum Gasteiger partial charge on any atom is 0.277 e. The highest BCUT2D eigenvalue weighted by Gasteiger charge is 2.20. The van der Waals surface area contributed by atoms with Crippen LogP contribution in [0.2, 0.25) is 0 Å². The van der Waals surface area contributed by atoms with Crippen molar-refractivity contribution >= 4 is 23.6 Å². The maximum atomic E-state index is 12.1. The topological polar surface area (TPSA) is 94.1 Å². The Hall–Kier alpha value is -2.61. The van der Waals surface area contributed by atoms with Crippen molar-refractivity contribution in [2.45, 2.75) is 31.2 Å². The molecular weight excluding hydrogens is 328 g/mol. The highest BCUT2D eigenvalue weighted by molar-refractivity contribution is 8.00. The van der Waals surface area contributed by atoms with E-state index in [4.69, 9.17) is 8.94 Å². The summed E-state index contributed by atoms with van der Waals surface area (Å²) in [7, 11) is 0. The molecule has 124 valence electrons. The molecule has 0 fully saturated rings. The van der Waals surface area contributed by atoms with Crippen LogP contribution < -0.4 is 5.32 Å². The number of hydrogen-bond donors (Lipinski definition) is 1. The number of rotatable bonds is 5. The molecule has 3 aromatic rings. The lowest BCUT2D eigenvalue weighted by Crippen LogP contribution is -2.22. The third-order valence-corrected chi connectivity index (χ3v) is 4.24. The molecule has 0 spiro atoms. The Labute approximate surface area is 142 Å². The molecule has 1 atom stereocenters. The van der Waals surface area contributed by atoms with Crippen LogP contribution in [-0.2, 0) is 4.79 Å². The maximum absolute atomic E-state index is 12.1. The first-order chi connectivity index (χ1) is 11.5. The third kappa shape index (κ3) is 3.65. The normalized spacial score (nSPS) is 12.1. The fourth-order valence-electron chi connectivity index (χ4n) is 2.03. The van der Waals surface area contributed by atoms with E-state index in [1.54, 1.807) is 19.9 Å². The van der Waals surface area contributed by atoms with E-state index >= 15 is 0 Å². The van der Waals surface area contributed by atoms with Gasteiger partial charge in [0, 0.05) is 11.6 Å². The summed E-state index contributed by atoms with van der Waals surface area (Å²) in [6.45, 7) is 5.51. The summed E-state index contributed by atoms with van der Waals surface area (Å²) >= 11 is 1.18. The van der Waals surface area contributed by atoms with Crippen LogP contribution in [0.5, 0.6) is 0 Å². The fourth-order valence-corrected chi connectivity index (χ4v) is 2.71. The lowest BCUT2D eigenvalue weighted by molar-refractivity contribution is -0.115. The average molecular weight is 344 g/mol. The number of thioether (sulfide) groups is 1. The standard InChI is InChI=1S/C16H16N4O3S/c1-9-6-4-5-7-12(9)15-18-19-16(22-15)24-11(3)14(21)17-13-8-10(2)20-23-13/h4-8,11H,1-3H3,(H,17,21). The number of nitrogens with one attached hydrogen (secondary N) is 1. The number of hydrogen-bond acceptors (Lipinski definition) is 7. The summed E-state index contributed by atoms with van der Waals surface area (Å²) in [6.07, 6.45) is 0. The Bertz CT molecular complexity index is 858. The molecule has 3 rings (SSSR count). The molecular formula is C16H16N4O3S. The van der Waals surface area contributed by atoms with E-state index in [1.165, 1.54) is 11.8 Å². The van der Waals surface area contributed by atoms with Crippen molar-refractivity contribution in [1.82, 2.24) is 15.4 Å². The Balaban J connectivity index is 1.66. The predicted octanol–water partition coefficient (Wildman–Crippen LogP) is 3.46. The van der Waals surface area contributed by atoms with Gasteiger partial charge in [-0.15, -0.1) is 10.2 Å². The smallest absolute Gasteiger partial charge is 0.277 e. The van der Waals surface area contributed by atoms with Crippen molar-refractivity contribution in [2.24, 2.45) is 0 Å². The first kappa shape index (κ1) is 16.3. The van der Waals surface area contributed by atoms with Crippen LogP contribution in [0.1, 0.15) is 18.2 Å². The second-order valence-electron chi connectivity index (χ2n) is 5.27. The summed E-state index contributed by atoms with van der Waals surface area (Å²) < 4.78 is 10.6. The Morgan fingerprint density at radius 3 is 2.75 bits per heavy atom. The van der Waals surface area contributed by atoms with E-state index in [9.17, 15) is 4.79 Å². The van der Waals surface area contributed by atoms with Crippen molar-refractivity contribution in [3.63, 3.8) is 0 Å². The van der Waals surface area contributed by atoms with E-state index in [1.807, 2.05) is 31.2 Å². The zero-order chi connectivity index (χ0) is 17.1. The highest BCUT2D eigenvalue weighted by Crippen LogP contribution is 2.28. The molecule has 1 N–H and O–H groups in total. The summed E-state index contributed by atoms with van der Waals surface area (Å²) in [4.78, 5) is 12.1. The zero-order valence-electron chi connectivity index (χ0n) is 13.4. The van der Waals surface area contributed by atoms with Crippen LogP contribution in [-0.4, -0.2) is 26.5 Å². The molecule has 1 aromatic carbocycles. The number of anilines is 1. The van der Waals surface area contributed by atoms with Gasteiger partial charge in [0.25, 0.3) is 5.22 Å². The Morgan fingerprint density at radius 2 is 2.04 bits per heavy atom. The van der Waals surface area contributed by atoms with Gasteiger partial charge in [0.1, 0.15) is 0 Å². The largest absolute Gasteiger partial charge is 0.411 e. The number of nitrogens with zero attached hydrogens (tertiary/aromatic N) is 3. The molecule has 2 heterocycles. The molecule has 1 unspecified atom stereocenters. The Kier molecular flexibility index (Phi) is 4.66. The van der Waals surface area contributed by atoms with Gasteiger partial charge in [-0.25, -0.2) is 0 Å². The lowest BCUT2D eigenvalue weighted by atomic mass is 10.1. The van der Waals surface area contributed by atoms with Crippen molar-refractivity contribution in [1.29, 1.82) is 0 Å². The van der Waals surface area contributed by atoms with Crippen molar-refractivity contribution in [2.75, 3.05) is 5.32 Å². The van der Waals surface area contributed by atoms with Crippen molar-refractivity contribution < 1.29 is 13.7 Å². The minimum atomic E-state index is -0.430. The number of aromatic nitrogens is 3. The van der Waals surface area contributed by atoms with E-state index in [0.717, 1.165) is 11.1 Å². The summed E-state index contributed by atoms with van der Waals surface area (Å²) in [6, 6.07) is 9.40. The van der Waals surface area contributed by atoms with Gasteiger partial charge >= 0.3 is 0 Å². The van der Waals surface area contributed by atoms with Gasteiger partial charge in [-0.05, 0) is 32.4 Å².